The van der Waals surface area contributed by atoms with Crippen molar-refractivity contribution >= 4 is 17.8 Å². The van der Waals surface area contributed by atoms with Gasteiger partial charge in [-0.2, -0.15) is 11.8 Å². The fraction of sp³-hybridized carbons (Fsp3) is 0.444. The van der Waals surface area contributed by atoms with Crippen LogP contribution in [0.2, 0.25) is 0 Å². The van der Waals surface area contributed by atoms with Gasteiger partial charge in [0.25, 0.3) is 0 Å². The fourth-order valence-electron chi connectivity index (χ4n) is 1.80. The highest BCUT2D eigenvalue weighted by Gasteiger charge is 2.30. The minimum absolute atomic E-state index is 0.461. The third-order valence-electron chi connectivity index (χ3n) is 2.38. The SMILES string of the molecule is NC(=O)NC1=CC=CC2SCCC12. The molecule has 0 aromatic carbocycles. The number of rotatable bonds is 1. The molecule has 4 heteroatoms. The average molecular weight is 196 g/mol. The molecular weight excluding hydrogens is 184 g/mol. The van der Waals surface area contributed by atoms with Crippen molar-refractivity contribution in [3.63, 3.8) is 0 Å². The Kier molecular flexibility index (Phi) is 2.31. The van der Waals surface area contributed by atoms with E-state index in [4.69, 9.17) is 5.73 Å². The summed E-state index contributed by atoms with van der Waals surface area (Å²) in [6.07, 6.45) is 7.25. The summed E-state index contributed by atoms with van der Waals surface area (Å²) in [5.41, 5.74) is 6.06. The minimum atomic E-state index is -0.461. The molecule has 2 amide bonds. The highest BCUT2D eigenvalue weighted by atomic mass is 32.2. The van der Waals surface area contributed by atoms with E-state index in [1.807, 2.05) is 23.9 Å². The van der Waals surface area contributed by atoms with Gasteiger partial charge in [-0.25, -0.2) is 4.79 Å². The van der Waals surface area contributed by atoms with Crippen LogP contribution in [0.3, 0.4) is 0 Å². The third-order valence-corrected chi connectivity index (χ3v) is 3.72. The maximum Gasteiger partial charge on any atom is 0.316 e. The molecule has 2 aliphatic rings. The molecule has 2 unspecified atom stereocenters. The molecule has 3 nitrogen and oxygen atoms in total. The molecule has 0 spiro atoms. The summed E-state index contributed by atoms with van der Waals surface area (Å²) in [6.45, 7) is 0. The van der Waals surface area contributed by atoms with Crippen molar-refractivity contribution in [2.24, 2.45) is 11.7 Å². The number of amides is 2. The summed E-state index contributed by atoms with van der Waals surface area (Å²) in [4.78, 5) is 10.7. The highest BCUT2D eigenvalue weighted by Crippen LogP contribution is 2.38. The molecule has 0 radical (unpaired) electrons. The first-order valence-corrected chi connectivity index (χ1v) is 5.38. The molecule has 1 heterocycles. The van der Waals surface area contributed by atoms with Gasteiger partial charge in [0.15, 0.2) is 0 Å². The number of allylic oxidation sites excluding steroid dienone is 3. The molecule has 0 saturated carbocycles. The monoisotopic (exact) mass is 196 g/mol. The number of urea groups is 1. The van der Waals surface area contributed by atoms with Crippen LogP contribution in [0.4, 0.5) is 4.79 Å². The smallest absolute Gasteiger partial charge is 0.316 e. The second-order valence-corrected chi connectivity index (χ2v) is 4.51. The molecule has 1 saturated heterocycles. The van der Waals surface area contributed by atoms with Gasteiger partial charge >= 0.3 is 6.03 Å². The van der Waals surface area contributed by atoms with Crippen molar-refractivity contribution in [2.75, 3.05) is 5.75 Å². The van der Waals surface area contributed by atoms with Crippen molar-refractivity contribution in [1.82, 2.24) is 5.32 Å². The van der Waals surface area contributed by atoms with Crippen LogP contribution in [0.5, 0.6) is 0 Å². The number of hydrogen-bond acceptors (Lipinski definition) is 2. The van der Waals surface area contributed by atoms with Gasteiger partial charge in [-0.1, -0.05) is 12.2 Å². The highest BCUT2D eigenvalue weighted by molar-refractivity contribution is 8.00. The molecule has 2 rings (SSSR count). The molecule has 2 atom stereocenters. The van der Waals surface area contributed by atoms with Crippen LogP contribution in [-0.2, 0) is 0 Å². The Bertz CT molecular complexity index is 285. The first kappa shape index (κ1) is 8.69. The second kappa shape index (κ2) is 3.46. The van der Waals surface area contributed by atoms with Gasteiger partial charge in [-0.15, -0.1) is 0 Å². The van der Waals surface area contributed by atoms with Crippen LogP contribution in [-0.4, -0.2) is 17.0 Å². The van der Waals surface area contributed by atoms with Gasteiger partial charge in [0, 0.05) is 16.9 Å². The predicted molar refractivity (Wildman–Crippen MR) is 54.3 cm³/mol. The Morgan fingerprint density at radius 1 is 1.69 bits per heavy atom. The van der Waals surface area contributed by atoms with Gasteiger partial charge < -0.3 is 11.1 Å². The van der Waals surface area contributed by atoms with Gasteiger partial charge in [0.1, 0.15) is 0 Å². The summed E-state index contributed by atoms with van der Waals surface area (Å²) in [7, 11) is 0. The number of primary amides is 1. The Morgan fingerprint density at radius 3 is 3.31 bits per heavy atom. The second-order valence-electron chi connectivity index (χ2n) is 3.23. The standard InChI is InChI=1S/C9H12N2OS/c10-9(12)11-7-2-1-3-8-6(7)4-5-13-8/h1-3,6,8H,4-5H2,(H3,10,11,12). The van der Waals surface area contributed by atoms with Crippen LogP contribution in [0, 0.1) is 5.92 Å². The van der Waals surface area contributed by atoms with Gasteiger partial charge in [0.2, 0.25) is 0 Å². The molecule has 0 aromatic heterocycles. The molecule has 70 valence electrons. The van der Waals surface area contributed by atoms with Crippen molar-refractivity contribution in [2.45, 2.75) is 11.7 Å². The van der Waals surface area contributed by atoms with E-state index in [-0.39, 0.29) is 0 Å². The molecule has 1 aliphatic heterocycles. The molecule has 13 heavy (non-hydrogen) atoms. The number of fused-ring (bicyclic) bond motifs is 1. The first-order valence-electron chi connectivity index (χ1n) is 4.34. The Labute approximate surface area is 81.4 Å². The van der Waals surface area contributed by atoms with Crippen LogP contribution in [0.1, 0.15) is 6.42 Å². The number of thioether (sulfide) groups is 1. The number of nitrogens with one attached hydrogen (secondary N) is 1. The van der Waals surface area contributed by atoms with E-state index in [2.05, 4.69) is 11.4 Å². The Hall–Kier alpha value is -0.900. The molecule has 3 N–H and O–H groups in total. The van der Waals surface area contributed by atoms with E-state index in [1.54, 1.807) is 0 Å². The van der Waals surface area contributed by atoms with Gasteiger partial charge in [-0.3, -0.25) is 0 Å². The summed E-state index contributed by atoms with van der Waals surface area (Å²) in [6, 6.07) is -0.461. The summed E-state index contributed by atoms with van der Waals surface area (Å²) in [5.74, 6) is 1.62. The molecular formula is C9H12N2OS. The molecule has 1 fully saturated rings. The van der Waals surface area contributed by atoms with E-state index >= 15 is 0 Å². The molecule has 0 aromatic rings. The zero-order chi connectivity index (χ0) is 9.26. The Balaban J connectivity index is 2.12. The van der Waals surface area contributed by atoms with E-state index in [0.29, 0.717) is 11.2 Å². The molecule has 0 bridgehead atoms. The van der Waals surface area contributed by atoms with E-state index in [1.165, 1.54) is 0 Å². The quantitative estimate of drug-likeness (QED) is 0.662. The fourth-order valence-corrected chi connectivity index (χ4v) is 3.18. The number of hydrogen-bond donors (Lipinski definition) is 2. The lowest BCUT2D eigenvalue weighted by Crippen LogP contribution is -2.34. The average Bonchev–Trinajstić information content (AvgIpc) is 2.51. The van der Waals surface area contributed by atoms with E-state index in [0.717, 1.165) is 17.9 Å². The maximum atomic E-state index is 10.7. The van der Waals surface area contributed by atoms with E-state index < -0.39 is 6.03 Å². The number of nitrogens with two attached hydrogens (primary N) is 1. The van der Waals surface area contributed by atoms with Crippen molar-refractivity contribution < 1.29 is 4.79 Å². The summed E-state index contributed by atoms with van der Waals surface area (Å²) >= 11 is 1.94. The van der Waals surface area contributed by atoms with Gasteiger partial charge in [-0.05, 0) is 18.2 Å². The third kappa shape index (κ3) is 1.72. The minimum Gasteiger partial charge on any atom is -0.351 e. The maximum absolute atomic E-state index is 10.7. The lowest BCUT2D eigenvalue weighted by molar-refractivity contribution is 0.250. The topological polar surface area (TPSA) is 55.1 Å². The lowest BCUT2D eigenvalue weighted by Gasteiger charge is -2.21. The lowest BCUT2D eigenvalue weighted by atomic mass is 9.94. The molecule has 1 aliphatic carbocycles. The first-order chi connectivity index (χ1) is 6.27. The predicted octanol–water partition coefficient (Wildman–Crippen LogP) is 1.23. The van der Waals surface area contributed by atoms with E-state index in [9.17, 15) is 4.79 Å². The van der Waals surface area contributed by atoms with Crippen molar-refractivity contribution in [3.8, 4) is 0 Å². The van der Waals surface area contributed by atoms with Crippen molar-refractivity contribution in [1.29, 1.82) is 0 Å². The number of carbonyl (C=O) groups is 1. The summed E-state index contributed by atoms with van der Waals surface area (Å²) in [5, 5.41) is 3.22. The van der Waals surface area contributed by atoms with Crippen molar-refractivity contribution in [3.05, 3.63) is 23.9 Å². The van der Waals surface area contributed by atoms with Crippen LogP contribution >= 0.6 is 11.8 Å². The van der Waals surface area contributed by atoms with Crippen LogP contribution < -0.4 is 11.1 Å². The normalized spacial score (nSPS) is 30.9. The Morgan fingerprint density at radius 2 is 2.54 bits per heavy atom. The zero-order valence-corrected chi connectivity index (χ0v) is 8.01. The van der Waals surface area contributed by atoms with Crippen LogP contribution in [0.15, 0.2) is 23.9 Å². The van der Waals surface area contributed by atoms with Gasteiger partial charge in [0.05, 0.1) is 0 Å². The number of carbonyl (C=O) groups excluding carboxylic acids is 1. The van der Waals surface area contributed by atoms with Crippen LogP contribution in [0.25, 0.3) is 0 Å². The zero-order valence-electron chi connectivity index (χ0n) is 7.19. The summed E-state index contributed by atoms with van der Waals surface area (Å²) < 4.78 is 0. The largest absolute Gasteiger partial charge is 0.351 e.